The van der Waals surface area contributed by atoms with Crippen LogP contribution in [-0.4, -0.2) is 11.5 Å². The molecule has 1 aromatic rings. The van der Waals surface area contributed by atoms with Crippen molar-refractivity contribution in [3.63, 3.8) is 0 Å². The average molecular weight is 317 g/mol. The van der Waals surface area contributed by atoms with Crippen LogP contribution in [0.3, 0.4) is 0 Å². The quantitative estimate of drug-likeness (QED) is 0.299. The molecule has 0 saturated carbocycles. The first-order chi connectivity index (χ1) is 11.1. The fourth-order valence-electron chi connectivity index (χ4n) is 2.26. The van der Waals surface area contributed by atoms with Crippen molar-refractivity contribution in [1.82, 2.24) is 0 Å². The molecule has 0 fully saturated rings. The molecule has 0 amide bonds. The molecule has 0 saturated heterocycles. The zero-order valence-electron chi connectivity index (χ0n) is 14.2. The van der Waals surface area contributed by atoms with E-state index in [1.165, 1.54) is 17.7 Å². The molecule has 1 unspecified atom stereocenters. The molecule has 4 heteroatoms. The van der Waals surface area contributed by atoms with Gasteiger partial charge < -0.3 is 4.74 Å². The average Bonchev–Trinajstić information content (AvgIpc) is 2.55. The van der Waals surface area contributed by atoms with Gasteiger partial charge in [-0.2, -0.15) is 0 Å². The molecule has 0 aromatic heterocycles. The van der Waals surface area contributed by atoms with Gasteiger partial charge in [0.05, 0.1) is 11.5 Å². The van der Waals surface area contributed by atoms with E-state index < -0.39 is 4.92 Å². The lowest BCUT2D eigenvalue weighted by atomic mass is 9.96. The van der Waals surface area contributed by atoms with Crippen LogP contribution in [0, 0.1) is 16.0 Å². The Labute approximate surface area is 139 Å². The molecule has 1 aromatic carbocycles. The van der Waals surface area contributed by atoms with Crippen LogP contribution in [0.5, 0.6) is 5.75 Å². The highest BCUT2D eigenvalue weighted by molar-refractivity contribution is 5.35. The summed E-state index contributed by atoms with van der Waals surface area (Å²) in [6, 6.07) is 6.17. The van der Waals surface area contributed by atoms with Crippen molar-refractivity contribution in [2.24, 2.45) is 5.92 Å². The van der Waals surface area contributed by atoms with E-state index in [9.17, 15) is 10.1 Å². The molecule has 1 rings (SSSR count). The second kappa shape index (κ2) is 10.6. The van der Waals surface area contributed by atoms with Crippen LogP contribution in [0.25, 0.3) is 0 Å². The smallest absolute Gasteiger partial charge is 0.269 e. The van der Waals surface area contributed by atoms with E-state index in [-0.39, 0.29) is 5.69 Å². The summed E-state index contributed by atoms with van der Waals surface area (Å²) in [5, 5.41) is 10.6. The third-order valence-corrected chi connectivity index (χ3v) is 3.81. The van der Waals surface area contributed by atoms with Crippen LogP contribution < -0.4 is 4.74 Å². The summed E-state index contributed by atoms with van der Waals surface area (Å²) < 4.78 is 5.61. The highest BCUT2D eigenvalue weighted by atomic mass is 16.6. The molecule has 0 spiro atoms. The lowest BCUT2D eigenvalue weighted by molar-refractivity contribution is -0.384. The van der Waals surface area contributed by atoms with Crippen LogP contribution >= 0.6 is 0 Å². The number of allylic oxidation sites excluding steroid dienone is 2. The summed E-state index contributed by atoms with van der Waals surface area (Å²) in [7, 11) is 0. The number of nitro groups is 1. The number of nitrogens with zero attached hydrogens (tertiary/aromatic N) is 1. The topological polar surface area (TPSA) is 52.4 Å². The molecule has 0 aliphatic rings. The maximum absolute atomic E-state index is 10.6. The Hall–Kier alpha value is -2.10. The third kappa shape index (κ3) is 7.63. The second-order valence-electron chi connectivity index (χ2n) is 5.64. The monoisotopic (exact) mass is 317 g/mol. The van der Waals surface area contributed by atoms with Crippen LogP contribution in [0.15, 0.2) is 48.6 Å². The minimum absolute atomic E-state index is 0.0764. The molecule has 0 N–H and O–H groups in total. The fraction of sp³-hybridized carbons (Fsp3) is 0.474. The number of benzene rings is 1. The van der Waals surface area contributed by atoms with E-state index in [2.05, 4.69) is 32.6 Å². The largest absolute Gasteiger partial charge is 0.493 e. The number of non-ortho nitro benzene ring substituents is 1. The maximum Gasteiger partial charge on any atom is 0.269 e. The van der Waals surface area contributed by atoms with E-state index in [0.29, 0.717) is 18.3 Å². The van der Waals surface area contributed by atoms with Gasteiger partial charge in [-0.25, -0.2) is 0 Å². The zero-order chi connectivity index (χ0) is 17.1. The molecule has 4 nitrogen and oxygen atoms in total. The number of nitro benzene ring substituents is 1. The van der Waals surface area contributed by atoms with Gasteiger partial charge in [0.25, 0.3) is 5.69 Å². The molecule has 0 aliphatic carbocycles. The van der Waals surface area contributed by atoms with Crippen LogP contribution in [0.1, 0.15) is 46.0 Å². The van der Waals surface area contributed by atoms with Crippen molar-refractivity contribution in [3.05, 3.63) is 58.7 Å². The molecule has 0 heterocycles. The SMILES string of the molecule is C=C(CCOc1ccc([N+](=O)[O-])cc1)CCC(/C=C/CC)CC. The first kappa shape index (κ1) is 18.9. The summed E-state index contributed by atoms with van der Waals surface area (Å²) >= 11 is 0. The van der Waals surface area contributed by atoms with E-state index in [1.54, 1.807) is 12.1 Å². The number of hydrogen-bond donors (Lipinski definition) is 0. The summed E-state index contributed by atoms with van der Waals surface area (Å²) in [5.74, 6) is 1.28. The van der Waals surface area contributed by atoms with Crippen molar-refractivity contribution >= 4 is 5.69 Å². The van der Waals surface area contributed by atoms with Gasteiger partial charge >= 0.3 is 0 Å². The lowest BCUT2D eigenvalue weighted by Gasteiger charge is -2.12. The molecule has 0 bridgehead atoms. The van der Waals surface area contributed by atoms with Crippen molar-refractivity contribution in [3.8, 4) is 5.75 Å². The summed E-state index contributed by atoms with van der Waals surface area (Å²) in [5.41, 5.74) is 1.27. The van der Waals surface area contributed by atoms with Gasteiger partial charge in [-0.15, -0.1) is 0 Å². The minimum atomic E-state index is -0.414. The standard InChI is InChI=1S/C19H27NO3/c1-4-6-7-17(5-2)9-8-16(3)14-15-23-19-12-10-18(11-13-19)20(21)22/h6-7,10-13,17H,3-5,8-9,14-15H2,1-2H3/b7-6+. The molecule has 23 heavy (non-hydrogen) atoms. The Morgan fingerprint density at radius 3 is 2.57 bits per heavy atom. The Kier molecular flexibility index (Phi) is 8.73. The molecule has 1 atom stereocenters. The number of rotatable bonds is 11. The maximum atomic E-state index is 10.6. The Morgan fingerprint density at radius 1 is 1.30 bits per heavy atom. The molecule has 126 valence electrons. The van der Waals surface area contributed by atoms with Gasteiger partial charge in [0, 0.05) is 18.6 Å². The van der Waals surface area contributed by atoms with Crippen LogP contribution in [0.4, 0.5) is 5.69 Å². The third-order valence-electron chi connectivity index (χ3n) is 3.81. The Balaban J connectivity index is 2.28. The predicted molar refractivity (Wildman–Crippen MR) is 94.8 cm³/mol. The molecular formula is C19H27NO3. The molecule has 0 radical (unpaired) electrons. The van der Waals surface area contributed by atoms with Crippen molar-refractivity contribution in [2.45, 2.75) is 46.0 Å². The van der Waals surface area contributed by atoms with E-state index in [4.69, 9.17) is 4.74 Å². The number of ether oxygens (including phenoxy) is 1. The summed E-state index contributed by atoms with van der Waals surface area (Å²) in [4.78, 5) is 10.2. The second-order valence-corrected chi connectivity index (χ2v) is 5.64. The van der Waals surface area contributed by atoms with Crippen molar-refractivity contribution in [2.75, 3.05) is 6.61 Å². The highest BCUT2D eigenvalue weighted by Gasteiger charge is 2.06. The first-order valence-electron chi connectivity index (χ1n) is 8.27. The van der Waals surface area contributed by atoms with Crippen LogP contribution in [-0.2, 0) is 0 Å². The van der Waals surface area contributed by atoms with E-state index in [1.807, 2.05) is 0 Å². The minimum Gasteiger partial charge on any atom is -0.493 e. The van der Waals surface area contributed by atoms with Gasteiger partial charge in [0.15, 0.2) is 0 Å². The van der Waals surface area contributed by atoms with E-state index in [0.717, 1.165) is 32.1 Å². The first-order valence-corrected chi connectivity index (χ1v) is 8.27. The van der Waals surface area contributed by atoms with Crippen molar-refractivity contribution in [1.29, 1.82) is 0 Å². The van der Waals surface area contributed by atoms with Crippen LogP contribution in [0.2, 0.25) is 0 Å². The van der Waals surface area contributed by atoms with Gasteiger partial charge in [-0.05, 0) is 43.7 Å². The predicted octanol–water partition coefficient (Wildman–Crippen LogP) is 5.69. The van der Waals surface area contributed by atoms with Gasteiger partial charge in [0.2, 0.25) is 0 Å². The normalized spacial score (nSPS) is 12.3. The zero-order valence-corrected chi connectivity index (χ0v) is 14.2. The Bertz CT molecular complexity index is 520. The molecule has 0 aliphatic heterocycles. The highest BCUT2D eigenvalue weighted by Crippen LogP contribution is 2.20. The molecular weight excluding hydrogens is 290 g/mol. The van der Waals surface area contributed by atoms with Gasteiger partial charge in [-0.1, -0.05) is 38.2 Å². The Morgan fingerprint density at radius 2 is 2.00 bits per heavy atom. The van der Waals surface area contributed by atoms with E-state index >= 15 is 0 Å². The summed E-state index contributed by atoms with van der Waals surface area (Å²) in [6.07, 6.45) is 9.73. The van der Waals surface area contributed by atoms with Gasteiger partial charge in [-0.3, -0.25) is 10.1 Å². The lowest BCUT2D eigenvalue weighted by Crippen LogP contribution is -2.01. The fourth-order valence-corrected chi connectivity index (χ4v) is 2.26. The number of hydrogen-bond acceptors (Lipinski definition) is 3. The van der Waals surface area contributed by atoms with Crippen molar-refractivity contribution < 1.29 is 9.66 Å². The summed E-state index contributed by atoms with van der Waals surface area (Å²) in [6.45, 7) is 9.03. The van der Waals surface area contributed by atoms with Gasteiger partial charge in [0.1, 0.15) is 5.75 Å².